The Labute approximate surface area is 185 Å². The van der Waals surface area contributed by atoms with Crippen LogP contribution in [0.1, 0.15) is 38.7 Å². The lowest BCUT2D eigenvalue weighted by atomic mass is 9.89. The smallest absolute Gasteiger partial charge is 0.243 e. The number of sulfonamides is 1. The van der Waals surface area contributed by atoms with Crippen molar-refractivity contribution in [2.45, 2.75) is 51.0 Å². The van der Waals surface area contributed by atoms with E-state index in [1.54, 1.807) is 31.4 Å². The summed E-state index contributed by atoms with van der Waals surface area (Å²) in [6, 6.07) is 6.12. The van der Waals surface area contributed by atoms with Crippen LogP contribution >= 0.6 is 0 Å². The van der Waals surface area contributed by atoms with Crippen molar-refractivity contribution < 1.29 is 22.7 Å². The summed E-state index contributed by atoms with van der Waals surface area (Å²) >= 11 is 0. The lowest BCUT2D eigenvalue weighted by molar-refractivity contribution is -0.131. The van der Waals surface area contributed by atoms with Crippen LogP contribution in [0.5, 0.6) is 0 Å². The number of carbonyl (C=O) groups is 2. The molecule has 174 valence electrons. The molecule has 1 saturated heterocycles. The fourth-order valence-electron chi connectivity index (χ4n) is 3.70. The van der Waals surface area contributed by atoms with E-state index in [1.165, 1.54) is 4.31 Å². The van der Waals surface area contributed by atoms with Crippen LogP contribution in [0.15, 0.2) is 29.2 Å². The molecule has 0 saturated carbocycles. The summed E-state index contributed by atoms with van der Waals surface area (Å²) < 4.78 is 32.3. The number of nitrogens with zero attached hydrogens (tertiary/aromatic N) is 1. The van der Waals surface area contributed by atoms with E-state index in [2.05, 4.69) is 10.6 Å². The van der Waals surface area contributed by atoms with E-state index < -0.39 is 16.1 Å². The topological polar surface area (TPSA) is 105 Å². The van der Waals surface area contributed by atoms with Gasteiger partial charge in [-0.2, -0.15) is 4.31 Å². The van der Waals surface area contributed by atoms with Crippen LogP contribution in [-0.4, -0.2) is 63.9 Å². The second-order valence-electron chi connectivity index (χ2n) is 8.48. The van der Waals surface area contributed by atoms with Gasteiger partial charge in [0.05, 0.1) is 11.5 Å². The molecule has 2 N–H and O–H groups in total. The SMILES string of the molecule is COCCNC(=O)[C@H](NC(=O)CC(C)C)C1CCN(S(=O)(=O)c2ccc(C)cc2)CC1. The van der Waals surface area contributed by atoms with Gasteiger partial charge in [-0.15, -0.1) is 0 Å². The molecule has 9 heteroatoms. The third kappa shape index (κ3) is 7.29. The van der Waals surface area contributed by atoms with E-state index in [0.29, 0.717) is 45.5 Å². The van der Waals surface area contributed by atoms with Crippen molar-refractivity contribution >= 4 is 21.8 Å². The molecule has 0 bridgehead atoms. The van der Waals surface area contributed by atoms with E-state index in [4.69, 9.17) is 4.74 Å². The first-order valence-corrected chi connectivity index (χ1v) is 12.2. The van der Waals surface area contributed by atoms with Crippen LogP contribution in [0.4, 0.5) is 0 Å². The molecular weight excluding hydrogens is 418 g/mol. The first kappa shape index (κ1) is 25.3. The van der Waals surface area contributed by atoms with Gasteiger partial charge in [0, 0.05) is 33.2 Å². The van der Waals surface area contributed by atoms with Gasteiger partial charge in [-0.1, -0.05) is 31.5 Å². The number of amides is 2. The molecular formula is C22H35N3O5S. The number of benzene rings is 1. The van der Waals surface area contributed by atoms with Gasteiger partial charge in [-0.05, 0) is 43.7 Å². The molecule has 0 unspecified atom stereocenters. The summed E-state index contributed by atoms with van der Waals surface area (Å²) in [7, 11) is -2.02. The molecule has 0 spiro atoms. The Bertz CT molecular complexity index is 831. The zero-order valence-electron chi connectivity index (χ0n) is 18.9. The number of carbonyl (C=O) groups excluding carboxylic acids is 2. The van der Waals surface area contributed by atoms with Crippen molar-refractivity contribution in [1.29, 1.82) is 0 Å². The van der Waals surface area contributed by atoms with Crippen molar-refractivity contribution in [2.75, 3.05) is 33.4 Å². The first-order chi connectivity index (χ1) is 14.6. The standard InChI is InChI=1S/C22H35N3O5S/c1-16(2)15-20(26)24-21(22(27)23-11-14-30-4)18-9-12-25(13-10-18)31(28,29)19-7-5-17(3)6-8-19/h5-8,16,18,21H,9-15H2,1-4H3,(H,23,27)(H,24,26)/t21-/m1/s1. The molecule has 0 radical (unpaired) electrons. The highest BCUT2D eigenvalue weighted by Crippen LogP contribution is 2.26. The number of rotatable bonds is 10. The van der Waals surface area contributed by atoms with Gasteiger partial charge >= 0.3 is 0 Å². The zero-order chi connectivity index (χ0) is 23.0. The zero-order valence-corrected chi connectivity index (χ0v) is 19.7. The minimum absolute atomic E-state index is 0.136. The Morgan fingerprint density at radius 1 is 1.16 bits per heavy atom. The molecule has 1 atom stereocenters. The first-order valence-electron chi connectivity index (χ1n) is 10.8. The van der Waals surface area contributed by atoms with Gasteiger partial charge in [0.25, 0.3) is 0 Å². The minimum Gasteiger partial charge on any atom is -0.383 e. The summed E-state index contributed by atoms with van der Waals surface area (Å²) in [5, 5.41) is 5.68. The highest BCUT2D eigenvalue weighted by atomic mass is 32.2. The summed E-state index contributed by atoms with van der Waals surface area (Å²) in [6.45, 7) is 7.15. The number of nitrogens with one attached hydrogen (secondary N) is 2. The van der Waals surface area contributed by atoms with Crippen LogP contribution in [0.25, 0.3) is 0 Å². The molecule has 1 heterocycles. The third-order valence-electron chi connectivity index (χ3n) is 5.43. The lowest BCUT2D eigenvalue weighted by Crippen LogP contribution is -2.54. The number of ether oxygens (including phenoxy) is 1. The molecule has 0 aliphatic carbocycles. The molecule has 1 aliphatic heterocycles. The normalized spacial score (nSPS) is 16.8. The van der Waals surface area contributed by atoms with Gasteiger partial charge in [-0.25, -0.2) is 8.42 Å². The van der Waals surface area contributed by atoms with Gasteiger partial charge in [0.15, 0.2) is 0 Å². The fraction of sp³-hybridized carbons (Fsp3) is 0.636. The highest BCUT2D eigenvalue weighted by molar-refractivity contribution is 7.89. The summed E-state index contributed by atoms with van der Waals surface area (Å²) in [6.07, 6.45) is 1.33. The maximum absolute atomic E-state index is 12.9. The largest absolute Gasteiger partial charge is 0.383 e. The van der Waals surface area contributed by atoms with Crippen LogP contribution in [0.2, 0.25) is 0 Å². The Morgan fingerprint density at radius 3 is 2.32 bits per heavy atom. The fourth-order valence-corrected chi connectivity index (χ4v) is 5.17. The maximum Gasteiger partial charge on any atom is 0.243 e. The molecule has 8 nitrogen and oxygen atoms in total. The maximum atomic E-state index is 12.9. The molecule has 2 rings (SSSR count). The summed E-state index contributed by atoms with van der Waals surface area (Å²) in [4.78, 5) is 25.4. The monoisotopic (exact) mass is 453 g/mol. The van der Waals surface area contributed by atoms with Crippen molar-refractivity contribution in [3.8, 4) is 0 Å². The van der Waals surface area contributed by atoms with E-state index >= 15 is 0 Å². The van der Waals surface area contributed by atoms with Crippen LogP contribution in [-0.2, 0) is 24.3 Å². The number of methoxy groups -OCH3 is 1. The van der Waals surface area contributed by atoms with Gasteiger partial charge < -0.3 is 15.4 Å². The van der Waals surface area contributed by atoms with E-state index in [1.807, 2.05) is 20.8 Å². The number of aryl methyl sites for hydroxylation is 1. The van der Waals surface area contributed by atoms with Crippen LogP contribution < -0.4 is 10.6 Å². The molecule has 1 aromatic rings. The number of hydrogen-bond donors (Lipinski definition) is 2. The second kappa shape index (κ2) is 11.6. The van der Waals surface area contributed by atoms with Crippen molar-refractivity contribution in [1.82, 2.24) is 14.9 Å². The Balaban J connectivity index is 2.06. The molecule has 2 amide bonds. The van der Waals surface area contributed by atoms with Crippen molar-refractivity contribution in [3.63, 3.8) is 0 Å². The molecule has 1 aliphatic rings. The van der Waals surface area contributed by atoms with E-state index in [9.17, 15) is 18.0 Å². The Hall–Kier alpha value is -1.97. The van der Waals surface area contributed by atoms with Crippen LogP contribution in [0, 0.1) is 18.8 Å². The molecule has 31 heavy (non-hydrogen) atoms. The molecule has 1 fully saturated rings. The van der Waals surface area contributed by atoms with E-state index in [-0.39, 0.29) is 28.5 Å². The second-order valence-corrected chi connectivity index (χ2v) is 10.4. The number of hydrogen-bond acceptors (Lipinski definition) is 5. The highest BCUT2D eigenvalue weighted by Gasteiger charge is 2.36. The molecule has 1 aromatic carbocycles. The summed E-state index contributed by atoms with van der Waals surface area (Å²) in [5.74, 6) is -0.382. The minimum atomic E-state index is -3.58. The lowest BCUT2D eigenvalue weighted by Gasteiger charge is -2.35. The Morgan fingerprint density at radius 2 is 1.77 bits per heavy atom. The van der Waals surface area contributed by atoms with Gasteiger partial charge in [0.1, 0.15) is 6.04 Å². The third-order valence-corrected chi connectivity index (χ3v) is 7.34. The van der Waals surface area contributed by atoms with Crippen molar-refractivity contribution in [3.05, 3.63) is 29.8 Å². The average molecular weight is 454 g/mol. The van der Waals surface area contributed by atoms with Gasteiger partial charge in [-0.3, -0.25) is 9.59 Å². The molecule has 0 aromatic heterocycles. The Kier molecular flexibility index (Phi) is 9.46. The van der Waals surface area contributed by atoms with Crippen molar-refractivity contribution in [2.24, 2.45) is 11.8 Å². The average Bonchev–Trinajstić information content (AvgIpc) is 2.72. The number of piperidine rings is 1. The quantitative estimate of drug-likeness (QED) is 0.525. The predicted octanol–water partition coefficient (Wildman–Crippen LogP) is 1.69. The van der Waals surface area contributed by atoms with E-state index in [0.717, 1.165) is 5.56 Å². The summed E-state index contributed by atoms with van der Waals surface area (Å²) in [5.41, 5.74) is 0.997. The van der Waals surface area contributed by atoms with Gasteiger partial charge in [0.2, 0.25) is 21.8 Å². The predicted molar refractivity (Wildman–Crippen MR) is 119 cm³/mol. The van der Waals surface area contributed by atoms with Crippen LogP contribution in [0.3, 0.4) is 0 Å².